The summed E-state index contributed by atoms with van der Waals surface area (Å²) in [5, 5.41) is 19.8. The van der Waals surface area contributed by atoms with Gasteiger partial charge in [0, 0.05) is 5.56 Å². The number of carboxylic acid groups (broad SMARTS) is 1. The highest BCUT2D eigenvalue weighted by Crippen LogP contribution is 2.39. The SMILES string of the molecule is Cc1ccc(/C(O)=C2\C(=O)C(=O)N(CC(=O)O)[C@H]2c2ccc(F)cc2)cc1. The second kappa shape index (κ2) is 7.03. The van der Waals surface area contributed by atoms with E-state index in [2.05, 4.69) is 0 Å². The lowest BCUT2D eigenvalue weighted by Crippen LogP contribution is -2.34. The second-order valence-electron chi connectivity index (χ2n) is 6.24. The number of hydrogen-bond acceptors (Lipinski definition) is 4. The molecule has 0 bridgehead atoms. The first kappa shape index (κ1) is 18.3. The fraction of sp³-hybridized carbons (Fsp3) is 0.150. The molecule has 1 fully saturated rings. The molecule has 0 spiro atoms. The summed E-state index contributed by atoms with van der Waals surface area (Å²) in [6, 6.07) is 10.5. The van der Waals surface area contributed by atoms with Crippen LogP contribution in [0, 0.1) is 12.7 Å². The number of aliphatic hydroxyl groups is 1. The molecule has 0 unspecified atom stereocenters. The molecule has 138 valence electrons. The number of rotatable bonds is 4. The van der Waals surface area contributed by atoms with Crippen LogP contribution in [0.1, 0.15) is 22.7 Å². The van der Waals surface area contributed by atoms with Crippen molar-refractivity contribution in [1.29, 1.82) is 0 Å². The van der Waals surface area contributed by atoms with Gasteiger partial charge in [-0.1, -0.05) is 42.0 Å². The van der Waals surface area contributed by atoms with Gasteiger partial charge in [-0.05, 0) is 24.6 Å². The lowest BCUT2D eigenvalue weighted by Gasteiger charge is -2.23. The predicted octanol–water partition coefficient (Wildman–Crippen LogP) is 2.64. The van der Waals surface area contributed by atoms with Crippen molar-refractivity contribution in [3.8, 4) is 0 Å². The molecule has 1 heterocycles. The van der Waals surface area contributed by atoms with Gasteiger partial charge in [-0.15, -0.1) is 0 Å². The molecule has 3 rings (SSSR count). The molecule has 1 aliphatic heterocycles. The summed E-state index contributed by atoms with van der Waals surface area (Å²) < 4.78 is 13.3. The normalized spacial score (nSPS) is 18.7. The Morgan fingerprint density at radius 3 is 2.19 bits per heavy atom. The summed E-state index contributed by atoms with van der Waals surface area (Å²) in [4.78, 5) is 37.0. The molecule has 1 aliphatic rings. The lowest BCUT2D eigenvalue weighted by molar-refractivity contribution is -0.146. The van der Waals surface area contributed by atoms with Crippen molar-refractivity contribution in [3.63, 3.8) is 0 Å². The van der Waals surface area contributed by atoms with Crippen LogP contribution in [0.2, 0.25) is 0 Å². The number of Topliss-reactive ketones (excluding diaryl/α,β-unsaturated/α-hetero) is 1. The molecule has 2 aromatic carbocycles. The van der Waals surface area contributed by atoms with E-state index in [0.717, 1.165) is 22.6 Å². The van der Waals surface area contributed by atoms with Crippen LogP contribution in [0.3, 0.4) is 0 Å². The summed E-state index contributed by atoms with van der Waals surface area (Å²) in [5.74, 6) is -4.24. The van der Waals surface area contributed by atoms with E-state index in [1.807, 2.05) is 6.92 Å². The van der Waals surface area contributed by atoms with Crippen LogP contribution in [-0.2, 0) is 14.4 Å². The number of benzene rings is 2. The molecular weight excluding hydrogens is 353 g/mol. The van der Waals surface area contributed by atoms with Crippen molar-refractivity contribution in [2.45, 2.75) is 13.0 Å². The smallest absolute Gasteiger partial charge is 0.323 e. The standard InChI is InChI=1S/C20H16FNO5/c1-11-2-4-13(5-3-11)18(25)16-17(12-6-8-14(21)9-7-12)22(10-15(23)24)20(27)19(16)26/h2-9,17,25H,10H2,1H3,(H,23,24)/b18-16+/t17-/m0/s1. The number of carbonyl (C=O) groups excluding carboxylic acids is 2. The number of aliphatic carboxylic acids is 1. The molecule has 2 aromatic rings. The monoisotopic (exact) mass is 369 g/mol. The zero-order chi connectivity index (χ0) is 19.7. The van der Waals surface area contributed by atoms with E-state index < -0.39 is 41.8 Å². The van der Waals surface area contributed by atoms with Crippen molar-refractivity contribution in [1.82, 2.24) is 4.90 Å². The van der Waals surface area contributed by atoms with Gasteiger partial charge in [-0.2, -0.15) is 0 Å². The first-order valence-electron chi connectivity index (χ1n) is 8.12. The van der Waals surface area contributed by atoms with Gasteiger partial charge in [0.2, 0.25) is 0 Å². The van der Waals surface area contributed by atoms with Gasteiger partial charge in [-0.3, -0.25) is 14.4 Å². The molecule has 27 heavy (non-hydrogen) atoms. The van der Waals surface area contributed by atoms with Crippen LogP contribution < -0.4 is 0 Å². The number of ketones is 1. The van der Waals surface area contributed by atoms with Crippen molar-refractivity contribution < 1.29 is 29.0 Å². The molecule has 7 heteroatoms. The van der Waals surface area contributed by atoms with Gasteiger partial charge < -0.3 is 15.1 Å². The summed E-state index contributed by atoms with van der Waals surface area (Å²) in [5.41, 5.74) is 1.36. The van der Waals surface area contributed by atoms with Crippen LogP contribution in [-0.4, -0.2) is 39.3 Å². The molecule has 0 aliphatic carbocycles. The minimum atomic E-state index is -1.31. The number of aliphatic hydroxyl groups excluding tert-OH is 1. The quantitative estimate of drug-likeness (QED) is 0.491. The van der Waals surface area contributed by atoms with Gasteiger partial charge in [0.25, 0.3) is 11.7 Å². The molecule has 1 atom stereocenters. The molecule has 6 nitrogen and oxygen atoms in total. The average molecular weight is 369 g/mol. The molecule has 0 aromatic heterocycles. The van der Waals surface area contributed by atoms with Crippen LogP contribution in [0.25, 0.3) is 5.76 Å². The predicted molar refractivity (Wildman–Crippen MR) is 94.2 cm³/mol. The van der Waals surface area contributed by atoms with E-state index in [1.54, 1.807) is 24.3 Å². The zero-order valence-corrected chi connectivity index (χ0v) is 14.3. The van der Waals surface area contributed by atoms with E-state index in [-0.39, 0.29) is 5.57 Å². The van der Waals surface area contributed by atoms with Crippen molar-refractivity contribution in [2.75, 3.05) is 6.54 Å². The minimum absolute atomic E-state index is 0.225. The van der Waals surface area contributed by atoms with E-state index in [1.165, 1.54) is 12.1 Å². The van der Waals surface area contributed by atoms with Crippen molar-refractivity contribution >= 4 is 23.4 Å². The summed E-state index contributed by atoms with van der Waals surface area (Å²) in [7, 11) is 0. The van der Waals surface area contributed by atoms with Gasteiger partial charge in [0.15, 0.2) is 0 Å². The first-order chi connectivity index (χ1) is 12.8. The van der Waals surface area contributed by atoms with Crippen LogP contribution >= 0.6 is 0 Å². The summed E-state index contributed by atoms with van der Waals surface area (Å²) in [6.45, 7) is 1.13. The third kappa shape index (κ3) is 3.44. The fourth-order valence-electron chi connectivity index (χ4n) is 3.05. The number of carbonyl (C=O) groups is 3. The highest BCUT2D eigenvalue weighted by atomic mass is 19.1. The number of aryl methyl sites for hydroxylation is 1. The van der Waals surface area contributed by atoms with E-state index in [0.29, 0.717) is 11.1 Å². The Labute approximate surface area is 154 Å². The van der Waals surface area contributed by atoms with Gasteiger partial charge in [0.1, 0.15) is 18.1 Å². The zero-order valence-electron chi connectivity index (χ0n) is 14.3. The Kier molecular flexibility index (Phi) is 4.77. The number of carboxylic acids is 1. The van der Waals surface area contributed by atoms with Crippen LogP contribution in [0.15, 0.2) is 54.1 Å². The largest absolute Gasteiger partial charge is 0.507 e. The number of hydrogen-bond donors (Lipinski definition) is 2. The number of likely N-dealkylation sites (tertiary alicyclic amines) is 1. The summed E-state index contributed by atoms with van der Waals surface area (Å²) in [6.07, 6.45) is 0. The third-order valence-electron chi connectivity index (χ3n) is 4.36. The highest BCUT2D eigenvalue weighted by Gasteiger charge is 2.46. The third-order valence-corrected chi connectivity index (χ3v) is 4.36. The number of halogens is 1. The Morgan fingerprint density at radius 1 is 1.04 bits per heavy atom. The minimum Gasteiger partial charge on any atom is -0.507 e. The topological polar surface area (TPSA) is 94.9 Å². The highest BCUT2D eigenvalue weighted by molar-refractivity contribution is 6.46. The van der Waals surface area contributed by atoms with Gasteiger partial charge >= 0.3 is 5.97 Å². The van der Waals surface area contributed by atoms with E-state index in [9.17, 15) is 23.9 Å². The van der Waals surface area contributed by atoms with Gasteiger partial charge in [0.05, 0.1) is 11.6 Å². The van der Waals surface area contributed by atoms with Crippen LogP contribution in [0.5, 0.6) is 0 Å². The molecular formula is C20H16FNO5. The van der Waals surface area contributed by atoms with Gasteiger partial charge in [-0.25, -0.2) is 4.39 Å². The molecule has 1 saturated heterocycles. The Balaban J connectivity index is 2.19. The molecule has 0 radical (unpaired) electrons. The van der Waals surface area contributed by atoms with E-state index >= 15 is 0 Å². The first-order valence-corrected chi connectivity index (χ1v) is 8.12. The van der Waals surface area contributed by atoms with E-state index in [4.69, 9.17) is 5.11 Å². The average Bonchev–Trinajstić information content (AvgIpc) is 2.87. The maximum absolute atomic E-state index is 13.3. The summed E-state index contributed by atoms with van der Waals surface area (Å²) >= 11 is 0. The Hall–Kier alpha value is -3.48. The maximum Gasteiger partial charge on any atom is 0.323 e. The number of amides is 1. The molecule has 0 saturated carbocycles. The van der Waals surface area contributed by atoms with Crippen molar-refractivity contribution in [3.05, 3.63) is 76.6 Å². The van der Waals surface area contributed by atoms with Crippen LogP contribution in [0.4, 0.5) is 4.39 Å². The molecule has 1 amide bonds. The molecule has 2 N–H and O–H groups in total. The Bertz CT molecular complexity index is 947. The lowest BCUT2D eigenvalue weighted by atomic mass is 9.95. The van der Waals surface area contributed by atoms with Crippen molar-refractivity contribution in [2.24, 2.45) is 0 Å². The second-order valence-corrected chi connectivity index (χ2v) is 6.24. The Morgan fingerprint density at radius 2 is 1.63 bits per heavy atom. The maximum atomic E-state index is 13.3. The fourth-order valence-corrected chi connectivity index (χ4v) is 3.05. The number of nitrogens with zero attached hydrogens (tertiary/aromatic N) is 1.